The lowest BCUT2D eigenvalue weighted by atomic mass is 10.1. The van der Waals surface area contributed by atoms with Gasteiger partial charge in [-0.05, 0) is 24.8 Å². The van der Waals surface area contributed by atoms with Crippen LogP contribution in [-0.4, -0.2) is 21.3 Å². The quantitative estimate of drug-likeness (QED) is 0.508. The van der Waals surface area contributed by atoms with Crippen molar-refractivity contribution in [2.24, 2.45) is 0 Å². The predicted molar refractivity (Wildman–Crippen MR) is 98.4 cm³/mol. The number of nitro benzene ring substituents is 1. The number of thiophene rings is 1. The van der Waals surface area contributed by atoms with Crippen LogP contribution < -0.4 is 10.3 Å². The zero-order chi connectivity index (χ0) is 18.5. The molecule has 2 aromatic heterocycles. The number of rotatable bonds is 3. The molecule has 0 atom stereocenters. The molecular formula is C18H15N3O5S. The number of fused-ring (bicyclic) bond motifs is 4. The summed E-state index contributed by atoms with van der Waals surface area (Å²) in [5.74, 6) is 0.550. The van der Waals surface area contributed by atoms with E-state index in [1.54, 1.807) is 11.3 Å². The summed E-state index contributed by atoms with van der Waals surface area (Å²) in [5, 5.41) is 12.0. The lowest BCUT2D eigenvalue weighted by Gasteiger charge is -2.20. The second-order valence-electron chi connectivity index (χ2n) is 6.68. The van der Waals surface area contributed by atoms with E-state index in [0.29, 0.717) is 22.3 Å². The molecule has 0 bridgehead atoms. The fraction of sp³-hybridized carbons (Fsp3) is 0.333. The summed E-state index contributed by atoms with van der Waals surface area (Å²) in [6.45, 7) is 0.493. The number of hydrogen-bond donors (Lipinski definition) is 0. The number of nitrogens with zero attached hydrogens (tertiary/aromatic N) is 3. The summed E-state index contributed by atoms with van der Waals surface area (Å²) in [6, 6.07) is 2.91. The average molecular weight is 385 g/mol. The largest absolute Gasteiger partial charge is 0.467 e. The van der Waals surface area contributed by atoms with Gasteiger partial charge in [0.05, 0.1) is 29.8 Å². The maximum Gasteiger partial charge on any atom is 0.270 e. The van der Waals surface area contributed by atoms with E-state index in [1.807, 2.05) is 0 Å². The first-order chi connectivity index (χ1) is 13.1. The number of aromatic nitrogens is 2. The van der Waals surface area contributed by atoms with Gasteiger partial charge >= 0.3 is 0 Å². The van der Waals surface area contributed by atoms with Gasteiger partial charge in [0.2, 0.25) is 0 Å². The van der Waals surface area contributed by atoms with Crippen molar-refractivity contribution in [2.75, 3.05) is 6.79 Å². The fourth-order valence-corrected chi connectivity index (χ4v) is 5.04. The molecule has 0 fully saturated rings. The van der Waals surface area contributed by atoms with Gasteiger partial charge in [-0.1, -0.05) is 0 Å². The molecule has 3 heterocycles. The fourth-order valence-electron chi connectivity index (χ4n) is 3.82. The zero-order valence-corrected chi connectivity index (χ0v) is 15.1. The van der Waals surface area contributed by atoms with Crippen molar-refractivity contribution in [1.82, 2.24) is 9.55 Å². The van der Waals surface area contributed by atoms with Gasteiger partial charge in [0.25, 0.3) is 11.2 Å². The average Bonchev–Trinajstić information content (AvgIpc) is 3.24. The van der Waals surface area contributed by atoms with Crippen molar-refractivity contribution in [3.8, 4) is 5.75 Å². The summed E-state index contributed by atoms with van der Waals surface area (Å²) in [4.78, 5) is 30.4. The van der Waals surface area contributed by atoms with Crippen LogP contribution in [0.3, 0.4) is 0 Å². The number of ether oxygens (including phenoxy) is 2. The Morgan fingerprint density at radius 1 is 1.33 bits per heavy atom. The molecule has 0 unspecified atom stereocenters. The van der Waals surface area contributed by atoms with E-state index in [4.69, 9.17) is 9.47 Å². The van der Waals surface area contributed by atoms with Crippen molar-refractivity contribution in [3.05, 3.63) is 60.5 Å². The molecule has 2 aliphatic rings. The van der Waals surface area contributed by atoms with Gasteiger partial charge in [0.15, 0.2) is 6.79 Å². The monoisotopic (exact) mass is 385 g/mol. The molecule has 0 radical (unpaired) electrons. The number of aryl methyl sites for hydroxylation is 2. The summed E-state index contributed by atoms with van der Waals surface area (Å²) in [7, 11) is 0. The Labute approximate surface area is 157 Å². The van der Waals surface area contributed by atoms with Crippen molar-refractivity contribution in [1.29, 1.82) is 0 Å². The molecule has 0 saturated carbocycles. The molecule has 9 heteroatoms. The van der Waals surface area contributed by atoms with Gasteiger partial charge in [0.1, 0.15) is 10.6 Å². The number of non-ortho nitro benzene ring substituents is 1. The van der Waals surface area contributed by atoms with Gasteiger partial charge in [-0.3, -0.25) is 19.5 Å². The third-order valence-corrected chi connectivity index (χ3v) is 6.21. The van der Waals surface area contributed by atoms with Crippen molar-refractivity contribution in [3.63, 3.8) is 0 Å². The molecule has 3 aromatic rings. The van der Waals surface area contributed by atoms with Gasteiger partial charge in [-0.25, -0.2) is 4.98 Å². The number of hydrogen-bond acceptors (Lipinski definition) is 7. The Morgan fingerprint density at radius 2 is 2.22 bits per heavy atom. The van der Waals surface area contributed by atoms with E-state index in [0.717, 1.165) is 29.7 Å². The zero-order valence-electron chi connectivity index (χ0n) is 14.3. The minimum Gasteiger partial charge on any atom is -0.467 e. The first-order valence-corrected chi connectivity index (χ1v) is 9.44. The maximum atomic E-state index is 13.1. The molecule has 0 spiro atoms. The van der Waals surface area contributed by atoms with Crippen LogP contribution in [0.1, 0.15) is 28.0 Å². The summed E-state index contributed by atoms with van der Waals surface area (Å²) >= 11 is 1.59. The van der Waals surface area contributed by atoms with Crippen LogP contribution in [0.4, 0.5) is 5.69 Å². The molecule has 1 aliphatic carbocycles. The van der Waals surface area contributed by atoms with Gasteiger partial charge in [0, 0.05) is 28.1 Å². The molecule has 0 saturated heterocycles. The lowest BCUT2D eigenvalue weighted by Crippen LogP contribution is -2.22. The second kappa shape index (κ2) is 6.14. The molecule has 138 valence electrons. The highest BCUT2D eigenvalue weighted by Crippen LogP contribution is 2.35. The van der Waals surface area contributed by atoms with E-state index in [9.17, 15) is 14.9 Å². The molecule has 27 heavy (non-hydrogen) atoms. The summed E-state index contributed by atoms with van der Waals surface area (Å²) in [5.41, 5.74) is 2.16. The van der Waals surface area contributed by atoms with E-state index in [-0.39, 0.29) is 31.2 Å². The highest BCUT2D eigenvalue weighted by molar-refractivity contribution is 7.18. The topological polar surface area (TPSA) is 96.5 Å². The van der Waals surface area contributed by atoms with Crippen LogP contribution in [0.5, 0.6) is 5.75 Å². The molecule has 5 rings (SSSR count). The van der Waals surface area contributed by atoms with Crippen LogP contribution in [-0.2, 0) is 30.7 Å². The van der Waals surface area contributed by atoms with Crippen LogP contribution in [0.15, 0.2) is 23.3 Å². The molecule has 1 aromatic carbocycles. The van der Waals surface area contributed by atoms with E-state index in [1.165, 1.54) is 27.9 Å². The molecule has 8 nitrogen and oxygen atoms in total. The van der Waals surface area contributed by atoms with Gasteiger partial charge in [-0.15, -0.1) is 11.3 Å². The minimum atomic E-state index is -0.450. The van der Waals surface area contributed by atoms with E-state index < -0.39 is 4.92 Å². The van der Waals surface area contributed by atoms with Crippen LogP contribution in [0, 0.1) is 10.1 Å². The standard InChI is InChI=1S/C18H15N3O5S/c22-18-15-13-2-1-3-14(13)27-17(15)19-8-20(18)6-10-4-12(21(23)24)5-11-7-25-9-26-16(10)11/h4-5,8H,1-3,6-7,9H2. The predicted octanol–water partition coefficient (Wildman–Crippen LogP) is 2.77. The summed E-state index contributed by atoms with van der Waals surface area (Å²) in [6.07, 6.45) is 4.49. The van der Waals surface area contributed by atoms with Crippen LogP contribution in [0.25, 0.3) is 10.2 Å². The molecule has 1 aliphatic heterocycles. The third-order valence-electron chi connectivity index (χ3n) is 5.02. The summed E-state index contributed by atoms with van der Waals surface area (Å²) < 4.78 is 12.3. The van der Waals surface area contributed by atoms with Crippen LogP contribution in [0.2, 0.25) is 0 Å². The Hall–Kier alpha value is -2.78. The molecule has 0 N–H and O–H groups in total. The number of benzene rings is 1. The van der Waals surface area contributed by atoms with Crippen molar-refractivity contribution in [2.45, 2.75) is 32.4 Å². The van der Waals surface area contributed by atoms with E-state index in [2.05, 4.69) is 4.98 Å². The second-order valence-corrected chi connectivity index (χ2v) is 7.76. The molecular weight excluding hydrogens is 370 g/mol. The highest BCUT2D eigenvalue weighted by Gasteiger charge is 2.24. The van der Waals surface area contributed by atoms with Gasteiger partial charge < -0.3 is 9.47 Å². The third kappa shape index (κ3) is 2.62. The van der Waals surface area contributed by atoms with E-state index >= 15 is 0 Å². The SMILES string of the molecule is O=c1c2c3c(sc2ncn1Cc1cc([N+](=O)[O-])cc2c1OCOC2)CCC3. The highest BCUT2D eigenvalue weighted by atomic mass is 32.1. The smallest absolute Gasteiger partial charge is 0.270 e. The minimum absolute atomic E-state index is 0.0450. The Kier molecular flexibility index (Phi) is 3.73. The van der Waals surface area contributed by atoms with Crippen molar-refractivity contribution >= 4 is 27.2 Å². The Morgan fingerprint density at radius 3 is 3.07 bits per heavy atom. The Bertz CT molecular complexity index is 1150. The number of nitro groups is 1. The van der Waals surface area contributed by atoms with Crippen molar-refractivity contribution < 1.29 is 14.4 Å². The van der Waals surface area contributed by atoms with Crippen LogP contribution >= 0.6 is 11.3 Å². The lowest BCUT2D eigenvalue weighted by molar-refractivity contribution is -0.385. The maximum absolute atomic E-state index is 13.1. The van der Waals surface area contributed by atoms with Gasteiger partial charge in [-0.2, -0.15) is 0 Å². The molecule has 0 amide bonds. The first-order valence-electron chi connectivity index (χ1n) is 8.62. The Balaban J connectivity index is 1.63. The first kappa shape index (κ1) is 16.4. The normalized spacial score (nSPS) is 15.4.